The Balaban J connectivity index is 1.82. The molecule has 7 nitrogen and oxygen atoms in total. The molecule has 0 unspecified atom stereocenters. The maximum Gasteiger partial charge on any atom is 0.343 e. The predicted molar refractivity (Wildman–Crippen MR) is 81.8 cm³/mol. The molecule has 0 spiro atoms. The van der Waals surface area contributed by atoms with E-state index in [-0.39, 0.29) is 17.8 Å². The van der Waals surface area contributed by atoms with Gasteiger partial charge in [-0.05, 0) is 25.3 Å². The summed E-state index contributed by atoms with van der Waals surface area (Å²) in [5, 5.41) is 6.83. The quantitative estimate of drug-likeness (QED) is 0.811. The van der Waals surface area contributed by atoms with E-state index in [1.54, 1.807) is 11.7 Å². The molecule has 1 N–H and O–H groups in total. The molecule has 1 aromatic rings. The average Bonchev–Trinajstić information content (AvgIpc) is 3.11. The summed E-state index contributed by atoms with van der Waals surface area (Å²) in [7, 11) is 1.74. The molecule has 1 saturated heterocycles. The van der Waals surface area contributed by atoms with Crippen LogP contribution in [0.15, 0.2) is 16.4 Å². The molecule has 0 saturated carbocycles. The number of H-pyrrole nitrogens is 1. The van der Waals surface area contributed by atoms with Gasteiger partial charge in [0, 0.05) is 26.7 Å². The van der Waals surface area contributed by atoms with Gasteiger partial charge in [0.25, 0.3) is 0 Å². The van der Waals surface area contributed by atoms with Crippen LogP contribution in [0.5, 0.6) is 0 Å². The number of likely N-dealkylation sites (tertiary alicyclic amines) is 1. The summed E-state index contributed by atoms with van der Waals surface area (Å²) in [4.78, 5) is 14.2. The Morgan fingerprint density at radius 3 is 3.09 bits per heavy atom. The summed E-state index contributed by atoms with van der Waals surface area (Å²) in [6, 6.07) is 0.103. The first kappa shape index (κ1) is 15.5. The van der Waals surface area contributed by atoms with Gasteiger partial charge in [-0.25, -0.2) is 9.89 Å². The monoisotopic (exact) mass is 308 g/mol. The first-order valence-electron chi connectivity index (χ1n) is 7.90. The predicted octanol–water partition coefficient (Wildman–Crippen LogP) is 0.700. The van der Waals surface area contributed by atoms with Crippen LogP contribution < -0.4 is 5.69 Å². The maximum atomic E-state index is 11.8. The molecule has 0 amide bonds. The van der Waals surface area contributed by atoms with E-state index in [4.69, 9.17) is 9.47 Å². The lowest BCUT2D eigenvalue weighted by Crippen LogP contribution is -2.31. The van der Waals surface area contributed by atoms with Crippen LogP contribution in [0.1, 0.15) is 31.6 Å². The normalized spacial score (nSPS) is 26.4. The van der Waals surface area contributed by atoms with E-state index >= 15 is 0 Å². The third-order valence-electron chi connectivity index (χ3n) is 4.49. The van der Waals surface area contributed by atoms with Gasteiger partial charge in [-0.1, -0.05) is 6.08 Å². The molecular weight excluding hydrogens is 284 g/mol. The molecule has 1 aromatic heterocycles. The SMILES string of the molecule is CCn1c([C@@H]2C[C@H](OC)CN2CC2=CCCOC2)n[nH]c1=O. The van der Waals surface area contributed by atoms with E-state index in [1.165, 1.54) is 5.57 Å². The van der Waals surface area contributed by atoms with Crippen LogP contribution in [0.25, 0.3) is 0 Å². The summed E-state index contributed by atoms with van der Waals surface area (Å²) in [6.07, 6.45) is 4.27. The standard InChI is InChI=1S/C15H24N4O3/c1-3-19-14(16-17-15(19)20)13-7-12(21-2)9-18(13)8-11-5-4-6-22-10-11/h5,12-13H,3-4,6-10H2,1-2H3,(H,17,20)/t12-,13-/m0/s1. The van der Waals surface area contributed by atoms with Crippen molar-refractivity contribution in [1.82, 2.24) is 19.7 Å². The molecule has 0 aliphatic carbocycles. The van der Waals surface area contributed by atoms with Gasteiger partial charge < -0.3 is 9.47 Å². The number of hydrogen-bond acceptors (Lipinski definition) is 5. The second kappa shape index (κ2) is 6.76. The van der Waals surface area contributed by atoms with E-state index in [1.807, 2.05) is 6.92 Å². The highest BCUT2D eigenvalue weighted by atomic mass is 16.5. The summed E-state index contributed by atoms with van der Waals surface area (Å²) >= 11 is 0. The fraction of sp³-hybridized carbons (Fsp3) is 0.733. The molecule has 7 heteroatoms. The summed E-state index contributed by atoms with van der Waals surface area (Å²) in [6.45, 7) is 5.78. The molecule has 2 aliphatic heterocycles. The van der Waals surface area contributed by atoms with Crippen molar-refractivity contribution in [3.63, 3.8) is 0 Å². The molecule has 3 heterocycles. The zero-order chi connectivity index (χ0) is 15.5. The molecule has 0 bridgehead atoms. The zero-order valence-corrected chi connectivity index (χ0v) is 13.2. The highest BCUT2D eigenvalue weighted by Crippen LogP contribution is 2.32. The maximum absolute atomic E-state index is 11.8. The largest absolute Gasteiger partial charge is 0.380 e. The lowest BCUT2D eigenvalue weighted by atomic mass is 10.1. The number of rotatable bonds is 5. The Morgan fingerprint density at radius 2 is 2.41 bits per heavy atom. The third-order valence-corrected chi connectivity index (χ3v) is 4.49. The number of nitrogens with zero attached hydrogens (tertiary/aromatic N) is 3. The minimum absolute atomic E-state index is 0.103. The average molecular weight is 308 g/mol. The number of aromatic nitrogens is 3. The highest BCUT2D eigenvalue weighted by molar-refractivity contribution is 5.11. The molecule has 0 radical (unpaired) electrons. The van der Waals surface area contributed by atoms with Gasteiger partial charge in [0.2, 0.25) is 0 Å². The van der Waals surface area contributed by atoms with E-state index < -0.39 is 0 Å². The minimum Gasteiger partial charge on any atom is -0.380 e. The van der Waals surface area contributed by atoms with Crippen molar-refractivity contribution in [3.05, 3.63) is 28.0 Å². The number of methoxy groups -OCH3 is 1. The van der Waals surface area contributed by atoms with E-state index in [2.05, 4.69) is 21.2 Å². The molecular formula is C15H24N4O3. The van der Waals surface area contributed by atoms with Crippen molar-refractivity contribution in [2.45, 2.75) is 38.5 Å². The highest BCUT2D eigenvalue weighted by Gasteiger charge is 2.36. The van der Waals surface area contributed by atoms with Gasteiger partial charge in [-0.3, -0.25) is 9.47 Å². The summed E-state index contributed by atoms with van der Waals surface area (Å²) in [5.41, 5.74) is 1.16. The number of ether oxygens (including phenoxy) is 2. The fourth-order valence-corrected chi connectivity index (χ4v) is 3.35. The van der Waals surface area contributed by atoms with Crippen molar-refractivity contribution in [3.8, 4) is 0 Å². The Morgan fingerprint density at radius 1 is 1.55 bits per heavy atom. The lowest BCUT2D eigenvalue weighted by Gasteiger charge is -2.26. The van der Waals surface area contributed by atoms with Crippen molar-refractivity contribution in [2.24, 2.45) is 0 Å². The number of aromatic amines is 1. The molecule has 3 rings (SSSR count). The summed E-state index contributed by atoms with van der Waals surface area (Å²) < 4.78 is 12.8. The van der Waals surface area contributed by atoms with Crippen LogP contribution in [0.4, 0.5) is 0 Å². The fourth-order valence-electron chi connectivity index (χ4n) is 3.35. The second-order valence-corrected chi connectivity index (χ2v) is 5.87. The number of nitrogens with one attached hydrogen (secondary N) is 1. The topological polar surface area (TPSA) is 72.4 Å². The van der Waals surface area contributed by atoms with Crippen molar-refractivity contribution >= 4 is 0 Å². The van der Waals surface area contributed by atoms with Gasteiger partial charge in [-0.2, -0.15) is 5.10 Å². The van der Waals surface area contributed by atoms with Gasteiger partial charge in [0.15, 0.2) is 5.82 Å². The van der Waals surface area contributed by atoms with E-state index in [9.17, 15) is 4.79 Å². The molecule has 122 valence electrons. The first-order chi connectivity index (χ1) is 10.7. The smallest absolute Gasteiger partial charge is 0.343 e. The van der Waals surface area contributed by atoms with Crippen LogP contribution in [0, 0.1) is 0 Å². The van der Waals surface area contributed by atoms with E-state index in [0.29, 0.717) is 13.2 Å². The molecule has 2 aliphatic rings. The van der Waals surface area contributed by atoms with Crippen molar-refractivity contribution < 1.29 is 9.47 Å². The van der Waals surface area contributed by atoms with Gasteiger partial charge >= 0.3 is 5.69 Å². The van der Waals surface area contributed by atoms with Gasteiger partial charge in [0.1, 0.15) is 0 Å². The zero-order valence-electron chi connectivity index (χ0n) is 13.2. The first-order valence-corrected chi connectivity index (χ1v) is 7.90. The van der Waals surface area contributed by atoms with Gasteiger partial charge in [-0.15, -0.1) is 0 Å². The molecule has 2 atom stereocenters. The Hall–Kier alpha value is -1.44. The van der Waals surface area contributed by atoms with Crippen LogP contribution in [0.3, 0.4) is 0 Å². The van der Waals surface area contributed by atoms with Crippen LogP contribution in [-0.2, 0) is 16.0 Å². The third kappa shape index (κ3) is 3.02. The number of hydrogen-bond donors (Lipinski definition) is 1. The Bertz CT molecular complexity index is 592. The Labute approximate surface area is 129 Å². The van der Waals surface area contributed by atoms with Gasteiger partial charge in [0.05, 0.1) is 25.4 Å². The van der Waals surface area contributed by atoms with Crippen LogP contribution in [0.2, 0.25) is 0 Å². The van der Waals surface area contributed by atoms with E-state index in [0.717, 1.165) is 38.4 Å². The molecule has 0 aromatic carbocycles. The second-order valence-electron chi connectivity index (χ2n) is 5.87. The minimum atomic E-state index is -0.140. The Kier molecular flexibility index (Phi) is 4.75. The van der Waals surface area contributed by atoms with Crippen molar-refractivity contribution in [2.75, 3.05) is 33.4 Å². The van der Waals surface area contributed by atoms with Crippen LogP contribution >= 0.6 is 0 Å². The van der Waals surface area contributed by atoms with Crippen molar-refractivity contribution in [1.29, 1.82) is 0 Å². The summed E-state index contributed by atoms with van der Waals surface area (Å²) in [5.74, 6) is 0.810. The molecule has 1 fully saturated rings. The van der Waals surface area contributed by atoms with Crippen LogP contribution in [-0.4, -0.2) is 59.2 Å². The molecule has 22 heavy (non-hydrogen) atoms. The lowest BCUT2D eigenvalue weighted by molar-refractivity contribution is 0.107.